The number of nitrogens with one attached hydrogen (secondary N) is 3. The molecule has 1 saturated carbocycles. The zero-order valence-electron chi connectivity index (χ0n) is 33.4. The topological polar surface area (TPSA) is 162 Å². The van der Waals surface area contributed by atoms with Crippen molar-refractivity contribution < 1.29 is 62.4 Å². The van der Waals surface area contributed by atoms with E-state index < -0.39 is 81.0 Å². The third-order valence-corrected chi connectivity index (χ3v) is 11.0. The average molecular weight is 971 g/mol. The van der Waals surface area contributed by atoms with Crippen molar-refractivity contribution in [1.82, 2.24) is 25.3 Å². The Morgan fingerprint density at radius 3 is 1.55 bits per heavy atom. The third-order valence-electron chi connectivity index (χ3n) is 8.98. The molecule has 0 bridgehead atoms. The lowest BCUT2D eigenvalue weighted by molar-refractivity contribution is -0.253. The molecule has 1 aliphatic carbocycles. The second-order valence-corrected chi connectivity index (χ2v) is 17.6. The fourth-order valence-electron chi connectivity index (χ4n) is 5.87. The summed E-state index contributed by atoms with van der Waals surface area (Å²) in [5, 5.41) is 25.6. The van der Waals surface area contributed by atoms with E-state index in [1.165, 1.54) is 36.7 Å². The molecule has 4 aromatic rings. The molecule has 0 radical (unpaired) electrons. The molecule has 1 fully saturated rings. The Labute approximate surface area is 371 Å². The van der Waals surface area contributed by atoms with E-state index >= 15 is 0 Å². The molecule has 2 aromatic carbocycles. The van der Waals surface area contributed by atoms with Crippen molar-refractivity contribution in [3.63, 3.8) is 0 Å². The van der Waals surface area contributed by atoms with E-state index in [4.69, 9.17) is 23.2 Å². The standard InChI is InChI=1S/C21H18ClF5N4O2.C19H17ClF5N3O2S/c22-13-5-6-17(29-10-13)20(11-28,31-19(32)30-15-3-1-2-4-15)12-7-14(23)9-16(8-12)33-21(26,27)18(24)25;1-17(2,3)31(29)28-18(10-26,15-5-4-12(20)9-27-15)11-6-13(21)8-14(7-11)30-19(24,25)16(22)23/h5-10,15,18H,1-4H2,(H2,30,31,32);4-9,16,28H,1-3H3/t;18?,31-/m.0/s1. The lowest BCUT2D eigenvalue weighted by atomic mass is 9.87. The molecule has 1 aliphatic rings. The molecule has 3 atom stereocenters. The molecule has 0 spiro atoms. The van der Waals surface area contributed by atoms with E-state index in [-0.39, 0.29) is 38.6 Å². The molecule has 24 heteroatoms. The van der Waals surface area contributed by atoms with E-state index in [1.807, 2.05) is 12.1 Å². The zero-order chi connectivity index (χ0) is 47.8. The summed E-state index contributed by atoms with van der Waals surface area (Å²) < 4.78 is 155. The minimum Gasteiger partial charge on any atom is -0.428 e. The van der Waals surface area contributed by atoms with Gasteiger partial charge in [0.15, 0.2) is 11.1 Å². The summed E-state index contributed by atoms with van der Waals surface area (Å²) in [6.45, 7) is 4.78. The number of alkyl halides is 8. The number of amides is 2. The highest BCUT2D eigenvalue weighted by Gasteiger charge is 2.47. The van der Waals surface area contributed by atoms with Gasteiger partial charge in [-0.15, -0.1) is 0 Å². The van der Waals surface area contributed by atoms with Crippen molar-refractivity contribution >= 4 is 40.2 Å². The maximum atomic E-state index is 14.3. The number of carbonyl (C=O) groups excluding carboxylic acids is 1. The number of benzene rings is 2. The van der Waals surface area contributed by atoms with Gasteiger partial charge in [-0.1, -0.05) is 36.0 Å². The van der Waals surface area contributed by atoms with Gasteiger partial charge in [0.2, 0.25) is 0 Å². The Morgan fingerprint density at radius 1 is 0.750 bits per heavy atom. The summed E-state index contributed by atoms with van der Waals surface area (Å²) in [6, 6.07) is 12.0. The van der Waals surface area contributed by atoms with Gasteiger partial charge in [-0.2, -0.15) is 45.6 Å². The first-order valence-electron chi connectivity index (χ1n) is 18.4. The first-order valence-corrected chi connectivity index (χ1v) is 20.3. The molecule has 0 aliphatic heterocycles. The van der Waals surface area contributed by atoms with Gasteiger partial charge >= 0.3 is 31.1 Å². The predicted molar refractivity (Wildman–Crippen MR) is 212 cm³/mol. The highest BCUT2D eigenvalue weighted by Crippen LogP contribution is 2.37. The van der Waals surface area contributed by atoms with Crippen molar-refractivity contribution in [2.45, 2.75) is 93.4 Å². The van der Waals surface area contributed by atoms with Crippen molar-refractivity contribution in [1.29, 1.82) is 10.5 Å². The average Bonchev–Trinajstić information content (AvgIpc) is 3.71. The molecule has 11 nitrogen and oxygen atoms in total. The minimum atomic E-state index is -4.91. The molecule has 344 valence electrons. The monoisotopic (exact) mass is 969 g/mol. The van der Waals surface area contributed by atoms with Crippen LogP contribution in [0.4, 0.5) is 48.7 Å². The van der Waals surface area contributed by atoms with Crippen molar-refractivity contribution in [3.8, 4) is 23.6 Å². The molecule has 3 N–H and O–H groups in total. The van der Waals surface area contributed by atoms with Gasteiger partial charge in [-0.05, 0) is 87.7 Å². The number of nitriles is 2. The van der Waals surface area contributed by atoms with E-state index in [2.05, 4.69) is 34.8 Å². The third kappa shape index (κ3) is 12.6. The molecule has 2 amide bonds. The van der Waals surface area contributed by atoms with Crippen molar-refractivity contribution in [3.05, 3.63) is 117 Å². The van der Waals surface area contributed by atoms with Gasteiger partial charge in [-0.3, -0.25) is 9.97 Å². The van der Waals surface area contributed by atoms with Gasteiger partial charge < -0.3 is 20.1 Å². The fraction of sp³-hybridized carbons (Fsp3) is 0.375. The number of pyridine rings is 2. The van der Waals surface area contributed by atoms with Gasteiger partial charge in [0, 0.05) is 36.1 Å². The normalized spacial score (nSPS) is 15.7. The Kier molecular flexibility index (Phi) is 16.5. The summed E-state index contributed by atoms with van der Waals surface area (Å²) in [5.41, 5.74) is -5.23. The Bertz CT molecular complexity index is 2380. The van der Waals surface area contributed by atoms with Crippen LogP contribution in [0.2, 0.25) is 10.0 Å². The van der Waals surface area contributed by atoms with Gasteiger partial charge in [-0.25, -0.2) is 22.5 Å². The van der Waals surface area contributed by atoms with Crippen LogP contribution in [0.5, 0.6) is 11.5 Å². The summed E-state index contributed by atoms with van der Waals surface area (Å²) in [6.07, 6.45) is -12.5. The number of nitrogens with zero attached hydrogens (tertiary/aromatic N) is 4. The van der Waals surface area contributed by atoms with Crippen LogP contribution in [0.1, 0.15) is 69.0 Å². The van der Waals surface area contributed by atoms with Gasteiger partial charge in [0.25, 0.3) is 0 Å². The Hall–Kier alpha value is -5.42. The lowest BCUT2D eigenvalue weighted by Gasteiger charge is -2.31. The van der Waals surface area contributed by atoms with Crippen LogP contribution < -0.4 is 24.8 Å². The predicted octanol–water partition coefficient (Wildman–Crippen LogP) is 10.0. The molecule has 0 saturated heterocycles. The van der Waals surface area contributed by atoms with Crippen LogP contribution in [-0.2, 0) is 22.1 Å². The van der Waals surface area contributed by atoms with Crippen LogP contribution in [-0.4, -0.2) is 56.1 Å². The molecule has 5 rings (SSSR count). The summed E-state index contributed by atoms with van der Waals surface area (Å²) in [7, 11) is -1.93. The van der Waals surface area contributed by atoms with E-state index in [0.29, 0.717) is 12.1 Å². The molecular weight excluding hydrogens is 935 g/mol. The SMILES string of the molecule is CC(C)(C)[S@](=O)NC(C#N)(c1cc(F)cc(OC(F)(F)C(F)F)c1)c1ccc(Cl)cn1.N#CC(NC(=O)NC1CCCC1)(c1cc(F)cc(OC(F)(F)C(F)F)c1)c1ccc(Cl)cn1. The number of aromatic nitrogens is 2. The van der Waals surface area contributed by atoms with Crippen LogP contribution >= 0.6 is 23.2 Å². The van der Waals surface area contributed by atoms with E-state index in [9.17, 15) is 63.4 Å². The number of ether oxygens (including phenoxy) is 2. The summed E-state index contributed by atoms with van der Waals surface area (Å²) in [5.74, 6) is -4.26. The molecular formula is C40H35Cl2F10N7O4S. The van der Waals surface area contributed by atoms with Gasteiger partial charge in [0.1, 0.15) is 29.2 Å². The number of hydrogen-bond acceptors (Lipinski definition) is 8. The molecule has 64 heavy (non-hydrogen) atoms. The maximum absolute atomic E-state index is 14.3. The first kappa shape index (κ1) is 51.2. The fourth-order valence-corrected chi connectivity index (χ4v) is 6.94. The van der Waals surface area contributed by atoms with E-state index in [0.717, 1.165) is 49.9 Å². The van der Waals surface area contributed by atoms with Crippen LogP contribution in [0.15, 0.2) is 73.1 Å². The largest absolute Gasteiger partial charge is 0.461 e. The Balaban J connectivity index is 0.000000281. The number of urea groups is 1. The van der Waals surface area contributed by atoms with Crippen molar-refractivity contribution in [2.24, 2.45) is 0 Å². The maximum Gasteiger partial charge on any atom is 0.461 e. The Morgan fingerprint density at radius 2 is 1.17 bits per heavy atom. The second kappa shape index (κ2) is 20.6. The van der Waals surface area contributed by atoms with Gasteiger partial charge in [0.05, 0.1) is 43.2 Å². The van der Waals surface area contributed by atoms with Crippen LogP contribution in [0, 0.1) is 34.3 Å². The number of hydrogen-bond donors (Lipinski definition) is 3. The van der Waals surface area contributed by atoms with Crippen molar-refractivity contribution in [2.75, 3.05) is 0 Å². The molecule has 2 heterocycles. The van der Waals surface area contributed by atoms with Crippen LogP contribution in [0.25, 0.3) is 0 Å². The minimum absolute atomic E-state index is 0.0887. The second-order valence-electron chi connectivity index (χ2n) is 14.8. The number of halogens is 12. The summed E-state index contributed by atoms with van der Waals surface area (Å²) >= 11 is 11.7. The smallest absolute Gasteiger partial charge is 0.428 e. The quantitative estimate of drug-likeness (QED) is 0.105. The van der Waals surface area contributed by atoms with E-state index in [1.54, 1.807) is 20.8 Å². The number of rotatable bonds is 14. The van der Waals surface area contributed by atoms with Crippen LogP contribution in [0.3, 0.4) is 0 Å². The first-order chi connectivity index (χ1) is 29.8. The molecule has 2 aromatic heterocycles. The zero-order valence-corrected chi connectivity index (χ0v) is 35.7. The summed E-state index contributed by atoms with van der Waals surface area (Å²) in [4.78, 5) is 20.7. The lowest BCUT2D eigenvalue weighted by Crippen LogP contribution is -2.52. The highest BCUT2D eigenvalue weighted by atomic mass is 35.5. The molecule has 2 unspecified atom stereocenters. The highest BCUT2D eigenvalue weighted by molar-refractivity contribution is 7.84. The number of carbonyl (C=O) groups is 1.